The van der Waals surface area contributed by atoms with Crippen LogP contribution >= 0.6 is 19.6 Å². The number of carbonyl (C=O) groups is 1. The highest BCUT2D eigenvalue weighted by Crippen LogP contribution is 2.48. The maximum Gasteiger partial charge on any atom is 0.474 e. The Morgan fingerprint density at radius 2 is 1.77 bits per heavy atom. The minimum absolute atomic E-state index is 0.0250. The van der Waals surface area contributed by atoms with E-state index < -0.39 is 7.82 Å². The number of phosphoric ester groups is 1. The molecular formula is C18H29O6PS. The van der Waals surface area contributed by atoms with Crippen LogP contribution in [0.5, 0.6) is 0 Å². The minimum Gasteiger partial charge on any atom is -0.380 e. The Bertz CT molecular complexity index is 546. The van der Waals surface area contributed by atoms with Crippen LogP contribution in [0.25, 0.3) is 0 Å². The first-order valence-corrected chi connectivity index (χ1v) is 11.1. The highest BCUT2D eigenvalue weighted by atomic mass is 32.2. The Morgan fingerprint density at radius 3 is 2.38 bits per heavy atom. The molecule has 0 radical (unpaired) electrons. The molecule has 0 saturated carbocycles. The number of hydrogen-bond acceptors (Lipinski definition) is 7. The SMILES string of the molecule is CCCCCCOC[C@@H](COP(=O)(OC)OC)SC(=O)c1ccccc1. The lowest BCUT2D eigenvalue weighted by atomic mass is 10.2. The van der Waals surface area contributed by atoms with Crippen molar-refractivity contribution < 1.29 is 27.7 Å². The molecule has 0 spiro atoms. The summed E-state index contributed by atoms with van der Waals surface area (Å²) in [5.74, 6) is 0. The molecule has 0 saturated heterocycles. The standard InChI is InChI=1S/C18H29O6PS/c1-4-5-6-10-13-23-14-17(15-24-25(20,21-2)22-3)26-18(19)16-11-8-7-9-12-16/h7-9,11-12,17H,4-6,10,13-15H2,1-3H3/t17-/m0/s1. The number of phosphoric acid groups is 1. The largest absolute Gasteiger partial charge is 0.474 e. The monoisotopic (exact) mass is 404 g/mol. The number of carbonyl (C=O) groups excluding carboxylic acids is 1. The topological polar surface area (TPSA) is 71.1 Å². The Labute approximate surface area is 160 Å². The molecular weight excluding hydrogens is 375 g/mol. The van der Waals surface area contributed by atoms with Crippen molar-refractivity contribution in [3.05, 3.63) is 35.9 Å². The molecule has 6 nitrogen and oxygen atoms in total. The summed E-state index contributed by atoms with van der Waals surface area (Å²) in [4.78, 5) is 12.4. The average molecular weight is 404 g/mol. The molecule has 0 fully saturated rings. The second kappa shape index (κ2) is 13.5. The third-order valence-electron chi connectivity index (χ3n) is 3.59. The summed E-state index contributed by atoms with van der Waals surface area (Å²) in [7, 11) is -1.07. The molecule has 1 aromatic rings. The molecule has 0 amide bonds. The van der Waals surface area contributed by atoms with Gasteiger partial charge in [-0.15, -0.1) is 0 Å². The molecule has 8 heteroatoms. The molecule has 1 aromatic carbocycles. The quantitative estimate of drug-likeness (QED) is 0.321. The maximum absolute atomic E-state index is 12.4. The van der Waals surface area contributed by atoms with Gasteiger partial charge in [0.1, 0.15) is 0 Å². The van der Waals surface area contributed by atoms with Crippen molar-refractivity contribution in [2.24, 2.45) is 0 Å². The van der Waals surface area contributed by atoms with Crippen molar-refractivity contribution in [1.82, 2.24) is 0 Å². The number of thioether (sulfide) groups is 1. The molecule has 1 atom stereocenters. The van der Waals surface area contributed by atoms with Crippen LogP contribution in [0, 0.1) is 0 Å². The lowest BCUT2D eigenvalue weighted by molar-refractivity contribution is 0.102. The van der Waals surface area contributed by atoms with E-state index in [2.05, 4.69) is 6.92 Å². The van der Waals surface area contributed by atoms with E-state index in [1.807, 2.05) is 18.2 Å². The number of benzene rings is 1. The summed E-state index contributed by atoms with van der Waals surface area (Å²) in [5.41, 5.74) is 0.604. The van der Waals surface area contributed by atoms with Gasteiger partial charge in [0.05, 0.1) is 18.5 Å². The van der Waals surface area contributed by atoms with E-state index in [0.29, 0.717) is 18.8 Å². The number of unbranched alkanes of at least 4 members (excludes halogenated alkanes) is 3. The second-order valence-electron chi connectivity index (χ2n) is 5.64. The van der Waals surface area contributed by atoms with Gasteiger partial charge in [-0.05, 0) is 6.42 Å². The summed E-state index contributed by atoms with van der Waals surface area (Å²) < 4.78 is 32.6. The number of hydrogen-bond donors (Lipinski definition) is 0. The fourth-order valence-corrected chi connectivity index (χ4v) is 3.81. The van der Waals surface area contributed by atoms with Crippen molar-refractivity contribution in [3.63, 3.8) is 0 Å². The van der Waals surface area contributed by atoms with E-state index in [9.17, 15) is 9.36 Å². The zero-order valence-corrected chi connectivity index (χ0v) is 17.4. The van der Waals surface area contributed by atoms with Gasteiger partial charge in [0.2, 0.25) is 5.12 Å². The molecule has 0 aromatic heterocycles. The summed E-state index contributed by atoms with van der Waals surface area (Å²) in [6.45, 7) is 3.13. The predicted molar refractivity (Wildman–Crippen MR) is 105 cm³/mol. The Hall–Kier alpha value is -0.690. The zero-order valence-electron chi connectivity index (χ0n) is 15.7. The second-order valence-corrected chi connectivity index (χ2v) is 8.79. The van der Waals surface area contributed by atoms with E-state index in [4.69, 9.17) is 18.3 Å². The van der Waals surface area contributed by atoms with E-state index in [0.717, 1.165) is 24.6 Å². The van der Waals surface area contributed by atoms with Crippen LogP contribution in [-0.2, 0) is 22.9 Å². The van der Waals surface area contributed by atoms with Gasteiger partial charge in [-0.1, -0.05) is 68.3 Å². The lowest BCUT2D eigenvalue weighted by Crippen LogP contribution is -2.21. The van der Waals surface area contributed by atoms with Crippen LogP contribution in [0.15, 0.2) is 30.3 Å². The molecule has 0 heterocycles. The fourth-order valence-electron chi connectivity index (χ4n) is 2.11. The first-order chi connectivity index (χ1) is 12.5. The molecule has 26 heavy (non-hydrogen) atoms. The molecule has 0 aliphatic heterocycles. The third-order valence-corrected chi connectivity index (χ3v) is 6.01. The van der Waals surface area contributed by atoms with Crippen molar-refractivity contribution in [3.8, 4) is 0 Å². The summed E-state index contributed by atoms with van der Waals surface area (Å²) in [5, 5.41) is -0.397. The number of rotatable bonds is 14. The fraction of sp³-hybridized carbons (Fsp3) is 0.611. The molecule has 1 rings (SSSR count). The van der Waals surface area contributed by atoms with Crippen molar-refractivity contribution in [1.29, 1.82) is 0 Å². The van der Waals surface area contributed by atoms with Gasteiger partial charge >= 0.3 is 7.82 Å². The third kappa shape index (κ3) is 9.31. The van der Waals surface area contributed by atoms with E-state index in [1.165, 1.54) is 27.1 Å². The molecule has 0 aliphatic carbocycles. The van der Waals surface area contributed by atoms with Crippen LogP contribution in [0.1, 0.15) is 43.0 Å². The highest BCUT2D eigenvalue weighted by Gasteiger charge is 2.26. The Kier molecular flexibility index (Phi) is 12.1. The first-order valence-electron chi connectivity index (χ1n) is 8.74. The molecule has 148 valence electrons. The van der Waals surface area contributed by atoms with E-state index >= 15 is 0 Å². The van der Waals surface area contributed by atoms with Crippen LogP contribution in [0.2, 0.25) is 0 Å². The van der Waals surface area contributed by atoms with Gasteiger partial charge in [0.25, 0.3) is 0 Å². The molecule has 0 unspecified atom stereocenters. The van der Waals surface area contributed by atoms with Crippen molar-refractivity contribution in [2.75, 3.05) is 34.0 Å². The van der Waals surface area contributed by atoms with Crippen LogP contribution < -0.4 is 0 Å². The van der Waals surface area contributed by atoms with Crippen LogP contribution in [0.4, 0.5) is 0 Å². The van der Waals surface area contributed by atoms with Crippen molar-refractivity contribution in [2.45, 2.75) is 37.9 Å². The average Bonchev–Trinajstić information content (AvgIpc) is 2.68. The van der Waals surface area contributed by atoms with Gasteiger partial charge in [0, 0.05) is 26.4 Å². The highest BCUT2D eigenvalue weighted by molar-refractivity contribution is 8.14. The summed E-state index contributed by atoms with van der Waals surface area (Å²) in [6.07, 6.45) is 4.45. The normalized spacial score (nSPS) is 12.9. The van der Waals surface area contributed by atoms with Gasteiger partial charge < -0.3 is 4.74 Å². The van der Waals surface area contributed by atoms with Gasteiger partial charge in [-0.2, -0.15) is 0 Å². The smallest absolute Gasteiger partial charge is 0.380 e. The van der Waals surface area contributed by atoms with Crippen molar-refractivity contribution >= 4 is 24.7 Å². The van der Waals surface area contributed by atoms with Gasteiger partial charge in [0.15, 0.2) is 0 Å². The van der Waals surface area contributed by atoms with E-state index in [-0.39, 0.29) is 17.0 Å². The number of ether oxygens (including phenoxy) is 1. The maximum atomic E-state index is 12.4. The zero-order chi connectivity index (χ0) is 19.3. The predicted octanol–water partition coefficient (Wildman–Crippen LogP) is 4.94. The van der Waals surface area contributed by atoms with Crippen LogP contribution in [-0.4, -0.2) is 44.4 Å². The molecule has 0 bridgehead atoms. The Morgan fingerprint density at radius 1 is 1.08 bits per heavy atom. The summed E-state index contributed by atoms with van der Waals surface area (Å²) >= 11 is 1.11. The van der Waals surface area contributed by atoms with Crippen LogP contribution in [0.3, 0.4) is 0 Å². The lowest BCUT2D eigenvalue weighted by Gasteiger charge is -2.19. The minimum atomic E-state index is -3.58. The summed E-state index contributed by atoms with van der Waals surface area (Å²) in [6, 6.07) is 9.00. The van der Waals surface area contributed by atoms with Gasteiger partial charge in [-0.25, -0.2) is 4.57 Å². The van der Waals surface area contributed by atoms with E-state index in [1.54, 1.807) is 12.1 Å². The molecule has 0 N–H and O–H groups in total. The first kappa shape index (κ1) is 23.3. The molecule has 0 aliphatic rings. The van der Waals surface area contributed by atoms with Gasteiger partial charge in [-0.3, -0.25) is 18.4 Å². The Balaban J connectivity index is 2.56.